The number of hydrogen-bond donors (Lipinski definition) is 1. The fourth-order valence-corrected chi connectivity index (χ4v) is 3.77. The maximum absolute atomic E-state index is 13.0. The van der Waals surface area contributed by atoms with E-state index in [1.54, 1.807) is 68.3 Å². The van der Waals surface area contributed by atoms with Crippen LogP contribution in [0.15, 0.2) is 59.8 Å². The van der Waals surface area contributed by atoms with E-state index in [1.165, 1.54) is 6.07 Å². The third-order valence-corrected chi connectivity index (χ3v) is 5.06. The number of carbonyl (C=O) groups is 1. The summed E-state index contributed by atoms with van der Waals surface area (Å²) in [5.74, 6) is 0.0403. The summed E-state index contributed by atoms with van der Waals surface area (Å²) in [7, 11) is 1.57. The summed E-state index contributed by atoms with van der Waals surface area (Å²) < 4.78 is 41.0. The van der Waals surface area contributed by atoms with E-state index in [4.69, 9.17) is 21.7 Å². The van der Waals surface area contributed by atoms with Gasteiger partial charge < -0.3 is 19.5 Å². The van der Waals surface area contributed by atoms with Gasteiger partial charge in [-0.25, -0.2) is 4.79 Å². The van der Waals surface area contributed by atoms with Crippen LogP contribution in [0.25, 0.3) is 0 Å². The minimum atomic E-state index is -3.01. The van der Waals surface area contributed by atoms with Gasteiger partial charge in [-0.15, -0.1) is 0 Å². The number of carbonyl (C=O) groups excluding carboxylic acids is 1. The molecule has 0 amide bonds. The zero-order valence-corrected chi connectivity index (χ0v) is 18.0. The molecule has 164 valence electrons. The lowest BCUT2D eigenvalue weighted by Crippen LogP contribution is -2.48. The van der Waals surface area contributed by atoms with Crippen molar-refractivity contribution in [3.63, 3.8) is 0 Å². The van der Waals surface area contributed by atoms with Crippen molar-refractivity contribution in [2.45, 2.75) is 26.5 Å². The molecule has 0 aromatic heterocycles. The van der Waals surface area contributed by atoms with E-state index in [0.29, 0.717) is 27.8 Å². The van der Waals surface area contributed by atoms with Crippen LogP contribution in [0.3, 0.4) is 0 Å². The van der Waals surface area contributed by atoms with Gasteiger partial charge >= 0.3 is 12.6 Å². The minimum Gasteiger partial charge on any atom is -0.497 e. The number of allylic oxidation sites excluding steroid dienone is 1. The van der Waals surface area contributed by atoms with E-state index in [0.717, 1.165) is 0 Å². The van der Waals surface area contributed by atoms with Crippen molar-refractivity contribution < 1.29 is 27.8 Å². The van der Waals surface area contributed by atoms with Crippen molar-refractivity contribution in [1.29, 1.82) is 0 Å². The van der Waals surface area contributed by atoms with Gasteiger partial charge in [-0.05, 0) is 56.4 Å². The summed E-state index contributed by atoms with van der Waals surface area (Å²) in [6.45, 7) is 0.569. The van der Waals surface area contributed by atoms with E-state index < -0.39 is 18.6 Å². The molecule has 0 aliphatic carbocycles. The highest BCUT2D eigenvalue weighted by molar-refractivity contribution is 7.80. The van der Waals surface area contributed by atoms with E-state index in [9.17, 15) is 13.6 Å². The van der Waals surface area contributed by atoms with Crippen LogP contribution in [-0.4, -0.2) is 31.4 Å². The molecule has 1 atom stereocenters. The molecule has 1 aliphatic rings. The Hall–Kier alpha value is -3.20. The Morgan fingerprint density at radius 3 is 2.48 bits per heavy atom. The number of anilines is 1. The molecule has 1 unspecified atom stereocenters. The summed E-state index contributed by atoms with van der Waals surface area (Å²) in [5.41, 5.74) is 1.82. The third-order valence-electron chi connectivity index (χ3n) is 4.76. The number of alkyl halides is 2. The SMILES string of the molecule is CCOC(=O)C1=C(C)N(c2ccc(OC)cc2)C(=S)NC1c1ccccc1OC(F)F. The van der Waals surface area contributed by atoms with E-state index in [2.05, 4.69) is 10.1 Å². The standard InChI is InChI=1S/C22H22F2N2O4S/c1-4-29-20(27)18-13(2)26(14-9-11-15(28-3)12-10-14)22(31)25-19(18)16-7-5-6-8-17(16)30-21(23)24/h5-12,19,21H,4H2,1-3H3,(H,25,31). The summed E-state index contributed by atoms with van der Waals surface area (Å²) in [5, 5.41) is 3.38. The molecule has 0 radical (unpaired) electrons. The molecule has 0 saturated carbocycles. The molecule has 1 N–H and O–H groups in total. The minimum absolute atomic E-state index is 0.0507. The number of para-hydroxylation sites is 1. The summed E-state index contributed by atoms with van der Waals surface area (Å²) in [6.07, 6.45) is 0. The molecule has 3 rings (SSSR count). The van der Waals surface area contributed by atoms with Crippen molar-refractivity contribution in [2.24, 2.45) is 0 Å². The zero-order valence-electron chi connectivity index (χ0n) is 17.2. The number of nitrogens with one attached hydrogen (secondary N) is 1. The molecule has 9 heteroatoms. The second kappa shape index (κ2) is 9.74. The number of hydrogen-bond acceptors (Lipinski definition) is 5. The predicted octanol–water partition coefficient (Wildman–Crippen LogP) is 4.57. The molecule has 31 heavy (non-hydrogen) atoms. The molecular weight excluding hydrogens is 426 g/mol. The zero-order chi connectivity index (χ0) is 22.5. The van der Waals surface area contributed by atoms with Crippen molar-refractivity contribution in [3.8, 4) is 11.5 Å². The molecule has 2 aromatic carbocycles. The second-order valence-corrected chi connectivity index (χ2v) is 6.94. The van der Waals surface area contributed by atoms with Crippen LogP contribution in [0.5, 0.6) is 11.5 Å². The van der Waals surface area contributed by atoms with E-state index in [1.807, 2.05) is 0 Å². The van der Waals surface area contributed by atoms with Gasteiger partial charge in [-0.1, -0.05) is 18.2 Å². The van der Waals surface area contributed by atoms with Crippen LogP contribution in [0, 0.1) is 0 Å². The lowest BCUT2D eigenvalue weighted by atomic mass is 9.94. The monoisotopic (exact) mass is 448 g/mol. The molecule has 1 heterocycles. The van der Waals surface area contributed by atoms with Gasteiger partial charge in [0.1, 0.15) is 11.5 Å². The van der Waals surface area contributed by atoms with Gasteiger partial charge in [-0.3, -0.25) is 4.90 Å². The van der Waals surface area contributed by atoms with Gasteiger partial charge in [0.25, 0.3) is 0 Å². The molecule has 2 aromatic rings. The number of rotatable bonds is 7. The Bertz CT molecular complexity index is 995. The predicted molar refractivity (Wildman–Crippen MR) is 116 cm³/mol. The molecule has 0 bridgehead atoms. The third kappa shape index (κ3) is 4.77. The summed E-state index contributed by atoms with van der Waals surface area (Å²) >= 11 is 5.57. The van der Waals surface area contributed by atoms with Crippen molar-refractivity contribution in [2.75, 3.05) is 18.6 Å². The summed E-state index contributed by atoms with van der Waals surface area (Å²) in [6, 6.07) is 12.6. The highest BCUT2D eigenvalue weighted by atomic mass is 32.1. The number of nitrogens with zero attached hydrogens (tertiary/aromatic N) is 1. The highest BCUT2D eigenvalue weighted by Crippen LogP contribution is 2.38. The van der Waals surface area contributed by atoms with Gasteiger partial charge in [0.15, 0.2) is 5.11 Å². The fourth-order valence-electron chi connectivity index (χ4n) is 3.41. The molecular formula is C22H22F2N2O4S. The van der Waals surface area contributed by atoms with Crippen LogP contribution in [-0.2, 0) is 9.53 Å². The molecule has 0 fully saturated rings. The quantitative estimate of drug-likeness (QED) is 0.492. The van der Waals surface area contributed by atoms with Crippen molar-refractivity contribution in [3.05, 3.63) is 65.4 Å². The first-order chi connectivity index (χ1) is 14.9. The first-order valence-corrected chi connectivity index (χ1v) is 9.94. The Morgan fingerprint density at radius 2 is 1.87 bits per heavy atom. The Morgan fingerprint density at radius 1 is 1.19 bits per heavy atom. The average Bonchev–Trinajstić information content (AvgIpc) is 2.74. The molecule has 6 nitrogen and oxygen atoms in total. The smallest absolute Gasteiger partial charge is 0.387 e. The van der Waals surface area contributed by atoms with Gasteiger partial charge in [0.05, 0.1) is 25.3 Å². The largest absolute Gasteiger partial charge is 0.497 e. The van der Waals surface area contributed by atoms with Crippen LogP contribution in [0.4, 0.5) is 14.5 Å². The van der Waals surface area contributed by atoms with Gasteiger partial charge in [0, 0.05) is 16.9 Å². The van der Waals surface area contributed by atoms with Crippen LogP contribution in [0.1, 0.15) is 25.5 Å². The Balaban J connectivity index is 2.12. The highest BCUT2D eigenvalue weighted by Gasteiger charge is 2.37. The van der Waals surface area contributed by atoms with E-state index >= 15 is 0 Å². The lowest BCUT2D eigenvalue weighted by Gasteiger charge is -2.37. The van der Waals surface area contributed by atoms with Crippen molar-refractivity contribution >= 4 is 29.0 Å². The fraction of sp³-hybridized carbons (Fsp3) is 0.273. The molecule has 1 aliphatic heterocycles. The number of thiocarbonyl (C=S) groups is 1. The number of esters is 1. The number of benzene rings is 2. The Labute approximate surface area is 184 Å². The lowest BCUT2D eigenvalue weighted by molar-refractivity contribution is -0.139. The topological polar surface area (TPSA) is 60.0 Å². The maximum atomic E-state index is 13.0. The van der Waals surface area contributed by atoms with Crippen LogP contribution < -0.4 is 19.7 Å². The molecule has 0 saturated heterocycles. The Kier molecular flexibility index (Phi) is 7.06. The first kappa shape index (κ1) is 22.5. The van der Waals surface area contributed by atoms with Crippen LogP contribution >= 0.6 is 12.2 Å². The first-order valence-electron chi connectivity index (χ1n) is 9.53. The average molecular weight is 448 g/mol. The molecule has 0 spiro atoms. The normalized spacial score (nSPS) is 16.3. The van der Waals surface area contributed by atoms with Crippen molar-refractivity contribution in [1.82, 2.24) is 5.32 Å². The van der Waals surface area contributed by atoms with E-state index in [-0.39, 0.29) is 17.9 Å². The van der Waals surface area contributed by atoms with Gasteiger partial charge in [0.2, 0.25) is 0 Å². The number of ether oxygens (including phenoxy) is 3. The number of methoxy groups -OCH3 is 1. The summed E-state index contributed by atoms with van der Waals surface area (Å²) in [4.78, 5) is 14.6. The van der Waals surface area contributed by atoms with Gasteiger partial charge in [-0.2, -0.15) is 8.78 Å². The second-order valence-electron chi connectivity index (χ2n) is 6.55. The maximum Gasteiger partial charge on any atom is 0.387 e. The van der Waals surface area contributed by atoms with Crippen LogP contribution in [0.2, 0.25) is 0 Å². The number of halogens is 2.